The molecular formula is C27H22ClN5O2. The normalized spacial score (nSPS) is 13.3. The van der Waals surface area contributed by atoms with Gasteiger partial charge in [-0.25, -0.2) is 4.79 Å². The van der Waals surface area contributed by atoms with Gasteiger partial charge in [0.15, 0.2) is 0 Å². The summed E-state index contributed by atoms with van der Waals surface area (Å²) in [6, 6.07) is 21.7. The molecule has 7 nitrogen and oxygen atoms in total. The van der Waals surface area contributed by atoms with Crippen LogP contribution in [-0.2, 0) is 4.79 Å². The van der Waals surface area contributed by atoms with Crippen LogP contribution < -0.4 is 21.3 Å². The summed E-state index contributed by atoms with van der Waals surface area (Å²) < 4.78 is 0. The lowest BCUT2D eigenvalue weighted by Gasteiger charge is -2.14. The fourth-order valence-corrected chi connectivity index (χ4v) is 4.04. The fraction of sp³-hybridized carbons (Fsp3) is 0.0370. The Kier molecular flexibility index (Phi) is 5.99. The minimum atomic E-state index is -0.372. The van der Waals surface area contributed by atoms with Crippen molar-refractivity contribution in [2.75, 3.05) is 21.3 Å². The zero-order valence-electron chi connectivity index (χ0n) is 18.8. The summed E-state index contributed by atoms with van der Waals surface area (Å²) in [5, 5.41) is 12.5. The van der Waals surface area contributed by atoms with Crippen molar-refractivity contribution in [1.82, 2.24) is 4.98 Å². The molecule has 0 spiro atoms. The Bertz CT molecular complexity index is 1460. The predicted molar refractivity (Wildman–Crippen MR) is 142 cm³/mol. The van der Waals surface area contributed by atoms with Crippen LogP contribution in [0.2, 0.25) is 5.02 Å². The number of anilines is 5. The van der Waals surface area contributed by atoms with E-state index in [1.807, 2.05) is 67.7 Å². The third-order valence-electron chi connectivity index (χ3n) is 5.58. The fourth-order valence-electron chi connectivity index (χ4n) is 3.85. The van der Waals surface area contributed by atoms with Gasteiger partial charge in [-0.15, -0.1) is 0 Å². The topological polar surface area (TPSA) is 98.0 Å². The number of urea groups is 1. The van der Waals surface area contributed by atoms with Gasteiger partial charge in [-0.1, -0.05) is 29.8 Å². The molecule has 5 rings (SSSR count). The van der Waals surface area contributed by atoms with Crippen molar-refractivity contribution in [2.45, 2.75) is 6.92 Å². The first-order chi connectivity index (χ1) is 16.9. The standard InChI is InChI=1S/C27H22ClN5O2/c1-16-7-8-21(32-27(35)31-19-5-2-4-17(28)12-19)14-24(16)30-20-9-10-22-23(13-18-6-3-11-29-18)26(34)33-25(22)15-20/h2-15,29-30H,1H3,(H,33,34)(H2,31,32,35)/b23-13+. The molecule has 1 aliphatic rings. The summed E-state index contributed by atoms with van der Waals surface area (Å²) in [7, 11) is 0. The molecule has 5 N–H and O–H groups in total. The summed E-state index contributed by atoms with van der Waals surface area (Å²) in [5.74, 6) is -0.139. The van der Waals surface area contributed by atoms with Crippen LogP contribution in [-0.4, -0.2) is 16.9 Å². The second kappa shape index (κ2) is 9.40. The summed E-state index contributed by atoms with van der Waals surface area (Å²) in [6.07, 6.45) is 3.65. The Morgan fingerprint density at radius 3 is 2.49 bits per heavy atom. The molecule has 8 heteroatoms. The lowest BCUT2D eigenvalue weighted by molar-refractivity contribution is -0.110. The number of hydrogen-bond donors (Lipinski definition) is 5. The second-order valence-corrected chi connectivity index (χ2v) is 8.58. The van der Waals surface area contributed by atoms with Crippen LogP contribution in [0.25, 0.3) is 11.6 Å². The van der Waals surface area contributed by atoms with E-state index in [9.17, 15) is 9.59 Å². The van der Waals surface area contributed by atoms with E-state index in [4.69, 9.17) is 11.6 Å². The van der Waals surface area contributed by atoms with Crippen molar-refractivity contribution < 1.29 is 9.59 Å². The van der Waals surface area contributed by atoms with Gasteiger partial charge in [0.1, 0.15) is 0 Å². The maximum absolute atomic E-state index is 12.5. The van der Waals surface area contributed by atoms with Gasteiger partial charge in [0.2, 0.25) is 0 Å². The lowest BCUT2D eigenvalue weighted by atomic mass is 10.1. The molecule has 1 aromatic heterocycles. The predicted octanol–water partition coefficient (Wildman–Crippen LogP) is 6.86. The van der Waals surface area contributed by atoms with Gasteiger partial charge < -0.3 is 26.3 Å². The van der Waals surface area contributed by atoms with Crippen molar-refractivity contribution in [1.29, 1.82) is 0 Å². The maximum atomic E-state index is 12.5. The number of amides is 3. The van der Waals surface area contributed by atoms with Gasteiger partial charge >= 0.3 is 6.03 Å². The van der Waals surface area contributed by atoms with E-state index in [0.717, 1.165) is 33.9 Å². The van der Waals surface area contributed by atoms with Crippen LogP contribution in [0.15, 0.2) is 79.0 Å². The Balaban J connectivity index is 1.32. The lowest BCUT2D eigenvalue weighted by Crippen LogP contribution is -2.19. The van der Waals surface area contributed by atoms with Gasteiger partial charge in [-0.3, -0.25) is 4.79 Å². The molecule has 2 heterocycles. The molecule has 174 valence electrons. The highest BCUT2D eigenvalue weighted by atomic mass is 35.5. The Hall–Kier alpha value is -4.49. The third kappa shape index (κ3) is 5.05. The number of carbonyl (C=O) groups excluding carboxylic acids is 2. The average Bonchev–Trinajstić information content (AvgIpc) is 3.44. The first-order valence-corrected chi connectivity index (χ1v) is 11.3. The molecule has 0 fully saturated rings. The van der Waals surface area contributed by atoms with Gasteiger partial charge in [0.05, 0.1) is 11.3 Å². The zero-order chi connectivity index (χ0) is 24.4. The van der Waals surface area contributed by atoms with Crippen molar-refractivity contribution in [3.8, 4) is 0 Å². The molecule has 35 heavy (non-hydrogen) atoms. The number of rotatable bonds is 5. The van der Waals surface area contributed by atoms with E-state index in [-0.39, 0.29) is 11.9 Å². The van der Waals surface area contributed by atoms with Gasteiger partial charge in [0.25, 0.3) is 5.91 Å². The second-order valence-electron chi connectivity index (χ2n) is 8.14. The monoisotopic (exact) mass is 483 g/mol. The molecule has 0 saturated heterocycles. The highest BCUT2D eigenvalue weighted by molar-refractivity contribution is 6.35. The van der Waals surface area contributed by atoms with E-state index < -0.39 is 0 Å². The van der Waals surface area contributed by atoms with Crippen LogP contribution in [0, 0.1) is 6.92 Å². The van der Waals surface area contributed by atoms with Crippen LogP contribution in [0.3, 0.4) is 0 Å². The smallest absolute Gasteiger partial charge is 0.323 e. The summed E-state index contributed by atoms with van der Waals surface area (Å²) in [4.78, 5) is 28.0. The summed E-state index contributed by atoms with van der Waals surface area (Å²) >= 11 is 5.98. The number of halogens is 1. The average molecular weight is 484 g/mol. The van der Waals surface area contributed by atoms with Crippen LogP contribution in [0.5, 0.6) is 0 Å². The first-order valence-electron chi connectivity index (χ1n) is 11.0. The van der Waals surface area contributed by atoms with E-state index in [1.54, 1.807) is 24.3 Å². The minimum Gasteiger partial charge on any atom is -0.362 e. The number of fused-ring (bicyclic) bond motifs is 1. The molecule has 0 bridgehead atoms. The number of aromatic amines is 1. The number of aryl methyl sites for hydroxylation is 1. The van der Waals surface area contributed by atoms with Crippen LogP contribution in [0.1, 0.15) is 16.8 Å². The number of benzene rings is 3. The van der Waals surface area contributed by atoms with E-state index >= 15 is 0 Å². The van der Waals surface area contributed by atoms with Crippen molar-refractivity contribution >= 4 is 63.6 Å². The number of nitrogens with one attached hydrogen (secondary N) is 5. The van der Waals surface area contributed by atoms with Gasteiger partial charge in [0, 0.05) is 45.2 Å². The van der Waals surface area contributed by atoms with Crippen molar-refractivity contribution in [3.05, 3.63) is 101 Å². The highest BCUT2D eigenvalue weighted by Crippen LogP contribution is 2.36. The molecular weight excluding hydrogens is 462 g/mol. The van der Waals surface area contributed by atoms with Crippen LogP contribution in [0.4, 0.5) is 33.2 Å². The molecule has 0 unspecified atom stereocenters. The summed E-state index contributed by atoms with van der Waals surface area (Å²) in [5.41, 5.74) is 6.94. The molecule has 0 saturated carbocycles. The largest absolute Gasteiger partial charge is 0.362 e. The first kappa shape index (κ1) is 22.3. The van der Waals surface area contributed by atoms with Crippen molar-refractivity contribution in [2.24, 2.45) is 0 Å². The van der Waals surface area contributed by atoms with Crippen molar-refractivity contribution in [3.63, 3.8) is 0 Å². The summed E-state index contributed by atoms with van der Waals surface area (Å²) in [6.45, 7) is 1.98. The Morgan fingerprint density at radius 2 is 1.71 bits per heavy atom. The van der Waals surface area contributed by atoms with E-state index in [1.165, 1.54) is 0 Å². The molecule has 0 aliphatic carbocycles. The maximum Gasteiger partial charge on any atom is 0.323 e. The molecule has 3 amide bonds. The number of carbonyl (C=O) groups is 2. The molecule has 3 aromatic carbocycles. The molecule has 0 atom stereocenters. The highest BCUT2D eigenvalue weighted by Gasteiger charge is 2.24. The van der Waals surface area contributed by atoms with Gasteiger partial charge in [-0.05, 0) is 73.2 Å². The number of H-pyrrole nitrogens is 1. The number of aromatic nitrogens is 1. The third-order valence-corrected chi connectivity index (χ3v) is 5.82. The quantitative estimate of drug-likeness (QED) is 0.201. The van der Waals surface area contributed by atoms with Crippen LogP contribution >= 0.6 is 11.6 Å². The Labute approximate surface area is 207 Å². The number of hydrogen-bond acceptors (Lipinski definition) is 3. The minimum absolute atomic E-state index is 0.139. The molecule has 1 aliphatic heterocycles. The van der Waals surface area contributed by atoms with Gasteiger partial charge in [-0.2, -0.15) is 0 Å². The molecule has 0 radical (unpaired) electrons. The van der Waals surface area contributed by atoms with E-state index in [0.29, 0.717) is 22.0 Å². The Morgan fingerprint density at radius 1 is 0.914 bits per heavy atom. The van der Waals surface area contributed by atoms with E-state index in [2.05, 4.69) is 26.3 Å². The molecule has 4 aromatic rings. The SMILES string of the molecule is Cc1ccc(NC(=O)Nc2cccc(Cl)c2)cc1Nc1ccc2c(c1)NC(=O)/C2=C/c1ccc[nH]1. The zero-order valence-corrected chi connectivity index (χ0v) is 19.5.